The van der Waals surface area contributed by atoms with E-state index in [-0.39, 0.29) is 12.6 Å². The first-order chi connectivity index (χ1) is 19.1. The molecule has 1 aliphatic heterocycles. The molecule has 9 heteroatoms. The van der Waals surface area contributed by atoms with Gasteiger partial charge in [-0.05, 0) is 88.8 Å². The van der Waals surface area contributed by atoms with Crippen LogP contribution in [0.15, 0.2) is 89.5 Å². The SMILES string of the molecule is O=C(NCNc1nc(Nc2ccc(CNc3cccc(C4CCCNC4)c3)cc2)ncc1Br)c1ccccc1. The zero-order valence-corrected chi connectivity index (χ0v) is 23.2. The molecule has 1 unspecified atom stereocenters. The van der Waals surface area contributed by atoms with Gasteiger partial charge in [-0.2, -0.15) is 4.98 Å². The number of nitrogens with zero attached hydrogens (tertiary/aromatic N) is 2. The molecule has 1 aromatic heterocycles. The van der Waals surface area contributed by atoms with E-state index in [0.29, 0.717) is 27.7 Å². The van der Waals surface area contributed by atoms with Crippen molar-refractivity contribution in [3.05, 3.63) is 106 Å². The molecule has 4 aromatic rings. The molecule has 1 fully saturated rings. The van der Waals surface area contributed by atoms with Gasteiger partial charge in [0.2, 0.25) is 5.95 Å². The predicted molar refractivity (Wildman–Crippen MR) is 160 cm³/mol. The first-order valence-corrected chi connectivity index (χ1v) is 13.9. The molecule has 0 saturated carbocycles. The van der Waals surface area contributed by atoms with E-state index in [1.807, 2.05) is 30.3 Å². The molecule has 200 valence electrons. The molecule has 5 N–H and O–H groups in total. The summed E-state index contributed by atoms with van der Waals surface area (Å²) in [5, 5.41) is 16.3. The Balaban J connectivity index is 1.13. The molecule has 39 heavy (non-hydrogen) atoms. The number of rotatable bonds is 10. The molecule has 0 aliphatic carbocycles. The van der Waals surface area contributed by atoms with Crippen molar-refractivity contribution in [3.63, 3.8) is 0 Å². The Bertz CT molecular complexity index is 1380. The van der Waals surface area contributed by atoms with Crippen molar-refractivity contribution in [3.8, 4) is 0 Å². The Kier molecular flexibility index (Phi) is 9.03. The van der Waals surface area contributed by atoms with E-state index in [9.17, 15) is 4.79 Å². The molecular weight excluding hydrogens is 554 g/mol. The van der Waals surface area contributed by atoms with Crippen LogP contribution in [0.2, 0.25) is 0 Å². The number of benzene rings is 3. The van der Waals surface area contributed by atoms with Crippen molar-refractivity contribution in [2.75, 3.05) is 35.7 Å². The summed E-state index contributed by atoms with van der Waals surface area (Å²) in [6, 6.07) is 26.0. The quantitative estimate of drug-likeness (QED) is 0.148. The monoisotopic (exact) mass is 585 g/mol. The first kappa shape index (κ1) is 26.6. The minimum Gasteiger partial charge on any atom is -0.381 e. The van der Waals surface area contributed by atoms with Gasteiger partial charge in [0.05, 0.1) is 11.1 Å². The molecule has 0 radical (unpaired) electrons. The fourth-order valence-corrected chi connectivity index (χ4v) is 4.86. The van der Waals surface area contributed by atoms with Crippen LogP contribution < -0.4 is 26.6 Å². The van der Waals surface area contributed by atoms with Gasteiger partial charge in [0, 0.05) is 36.2 Å². The molecule has 8 nitrogen and oxygen atoms in total. The summed E-state index contributed by atoms with van der Waals surface area (Å²) in [4.78, 5) is 21.1. The maximum atomic E-state index is 12.2. The average molecular weight is 587 g/mol. The first-order valence-electron chi connectivity index (χ1n) is 13.1. The van der Waals surface area contributed by atoms with Crippen molar-refractivity contribution in [2.24, 2.45) is 0 Å². The Labute approximate surface area is 237 Å². The number of nitrogens with one attached hydrogen (secondary N) is 5. The summed E-state index contributed by atoms with van der Waals surface area (Å²) in [5.74, 6) is 1.47. The summed E-state index contributed by atoms with van der Waals surface area (Å²) in [6.07, 6.45) is 4.15. The van der Waals surface area contributed by atoms with Crippen LogP contribution in [0, 0.1) is 0 Å². The van der Waals surface area contributed by atoms with E-state index < -0.39 is 0 Å². The molecule has 1 atom stereocenters. The maximum absolute atomic E-state index is 12.2. The van der Waals surface area contributed by atoms with Crippen LogP contribution in [0.3, 0.4) is 0 Å². The Morgan fingerprint density at radius 2 is 1.82 bits per heavy atom. The standard InChI is InChI=1S/C30H32BrN7O/c31-27-19-34-30(38-28(27)35-20-36-29(39)22-6-2-1-3-7-22)37-25-13-11-21(12-14-25)17-33-26-10-4-8-23(16-26)24-9-5-15-32-18-24/h1-4,6-8,10-14,16,19,24,32-33H,5,9,15,17-18,20H2,(H,36,39)(H2,34,35,37,38). The van der Waals surface area contributed by atoms with Gasteiger partial charge in [-0.25, -0.2) is 4.98 Å². The number of hydrogen-bond donors (Lipinski definition) is 5. The average Bonchev–Trinajstić information content (AvgIpc) is 2.99. The van der Waals surface area contributed by atoms with Gasteiger partial charge in [-0.15, -0.1) is 0 Å². The number of halogens is 1. The third kappa shape index (κ3) is 7.55. The second-order valence-electron chi connectivity index (χ2n) is 9.46. The van der Waals surface area contributed by atoms with Crippen LogP contribution in [0.25, 0.3) is 0 Å². The summed E-state index contributed by atoms with van der Waals surface area (Å²) in [6.45, 7) is 3.15. The lowest BCUT2D eigenvalue weighted by molar-refractivity contribution is 0.0956. The van der Waals surface area contributed by atoms with Crippen LogP contribution >= 0.6 is 15.9 Å². The number of anilines is 4. The topological polar surface area (TPSA) is 103 Å². The smallest absolute Gasteiger partial charge is 0.252 e. The van der Waals surface area contributed by atoms with Gasteiger partial charge < -0.3 is 26.6 Å². The summed E-state index contributed by atoms with van der Waals surface area (Å²) >= 11 is 3.46. The highest BCUT2D eigenvalue weighted by Gasteiger charge is 2.15. The second kappa shape index (κ2) is 13.2. The van der Waals surface area contributed by atoms with Crippen LogP contribution in [0.4, 0.5) is 23.1 Å². The largest absolute Gasteiger partial charge is 0.381 e. The molecular formula is C30H32BrN7O. The Morgan fingerprint density at radius 1 is 0.974 bits per heavy atom. The van der Waals surface area contributed by atoms with Crippen molar-refractivity contribution >= 4 is 45.0 Å². The number of amides is 1. The van der Waals surface area contributed by atoms with E-state index in [1.165, 1.54) is 24.0 Å². The zero-order valence-electron chi connectivity index (χ0n) is 21.6. The van der Waals surface area contributed by atoms with E-state index in [2.05, 4.69) is 88.9 Å². The molecule has 5 rings (SSSR count). The lowest BCUT2D eigenvalue weighted by Crippen LogP contribution is -2.29. The minimum atomic E-state index is -0.157. The van der Waals surface area contributed by atoms with Gasteiger partial charge in [-0.1, -0.05) is 42.5 Å². The van der Waals surface area contributed by atoms with Crippen LogP contribution in [0.1, 0.15) is 40.2 Å². The number of carbonyl (C=O) groups is 1. The Hall–Kier alpha value is -3.95. The third-order valence-electron chi connectivity index (χ3n) is 6.65. The summed E-state index contributed by atoms with van der Waals surface area (Å²) in [7, 11) is 0. The zero-order chi connectivity index (χ0) is 26.9. The molecule has 2 heterocycles. The fourth-order valence-electron chi connectivity index (χ4n) is 4.53. The van der Waals surface area contributed by atoms with Gasteiger partial charge in [-0.3, -0.25) is 4.79 Å². The number of hydrogen-bond acceptors (Lipinski definition) is 7. The third-order valence-corrected chi connectivity index (χ3v) is 7.23. The number of carbonyl (C=O) groups excluding carboxylic acids is 1. The summed E-state index contributed by atoms with van der Waals surface area (Å²) < 4.78 is 0.701. The normalized spacial score (nSPS) is 14.8. The molecule has 1 saturated heterocycles. The highest BCUT2D eigenvalue weighted by molar-refractivity contribution is 9.10. The van der Waals surface area contributed by atoms with E-state index in [1.54, 1.807) is 18.3 Å². The van der Waals surface area contributed by atoms with Crippen LogP contribution in [-0.4, -0.2) is 35.6 Å². The number of piperidine rings is 1. The number of aromatic nitrogens is 2. The maximum Gasteiger partial charge on any atom is 0.252 e. The van der Waals surface area contributed by atoms with Crippen molar-refractivity contribution < 1.29 is 4.79 Å². The van der Waals surface area contributed by atoms with Crippen LogP contribution in [-0.2, 0) is 6.54 Å². The van der Waals surface area contributed by atoms with E-state index in [0.717, 1.165) is 31.0 Å². The van der Waals surface area contributed by atoms with Gasteiger partial charge >= 0.3 is 0 Å². The lowest BCUT2D eigenvalue weighted by Gasteiger charge is -2.23. The highest BCUT2D eigenvalue weighted by Crippen LogP contribution is 2.26. The lowest BCUT2D eigenvalue weighted by atomic mass is 9.91. The van der Waals surface area contributed by atoms with Crippen molar-refractivity contribution in [2.45, 2.75) is 25.3 Å². The van der Waals surface area contributed by atoms with E-state index in [4.69, 9.17) is 0 Å². The van der Waals surface area contributed by atoms with Crippen LogP contribution in [0.5, 0.6) is 0 Å². The predicted octanol–water partition coefficient (Wildman–Crippen LogP) is 5.86. The van der Waals surface area contributed by atoms with Gasteiger partial charge in [0.1, 0.15) is 5.82 Å². The molecule has 3 aromatic carbocycles. The Morgan fingerprint density at radius 3 is 2.62 bits per heavy atom. The minimum absolute atomic E-state index is 0.157. The van der Waals surface area contributed by atoms with E-state index >= 15 is 0 Å². The molecule has 0 spiro atoms. The molecule has 1 amide bonds. The highest BCUT2D eigenvalue weighted by atomic mass is 79.9. The van der Waals surface area contributed by atoms with Gasteiger partial charge in [0.25, 0.3) is 5.91 Å². The van der Waals surface area contributed by atoms with Crippen molar-refractivity contribution in [1.29, 1.82) is 0 Å². The van der Waals surface area contributed by atoms with Gasteiger partial charge in [0.15, 0.2) is 0 Å². The van der Waals surface area contributed by atoms with Crippen molar-refractivity contribution in [1.82, 2.24) is 20.6 Å². The molecule has 1 aliphatic rings. The molecule has 0 bridgehead atoms. The summed E-state index contributed by atoms with van der Waals surface area (Å²) in [5.41, 5.74) is 5.21. The fraction of sp³-hybridized carbons (Fsp3) is 0.233. The second-order valence-corrected chi connectivity index (χ2v) is 10.3.